The van der Waals surface area contributed by atoms with Crippen LogP contribution in [0.5, 0.6) is 0 Å². The molecule has 1 aromatic carbocycles. The molecule has 1 aromatic rings. The van der Waals surface area contributed by atoms with Gasteiger partial charge in [-0.25, -0.2) is 0 Å². The molecule has 1 aliphatic heterocycles. The lowest BCUT2D eigenvalue weighted by molar-refractivity contribution is -0.122. The predicted octanol–water partition coefficient (Wildman–Crippen LogP) is 1.33. The predicted molar refractivity (Wildman–Crippen MR) is 83.9 cm³/mol. The highest BCUT2D eigenvalue weighted by Gasteiger charge is 2.32. The van der Waals surface area contributed by atoms with Crippen molar-refractivity contribution in [1.29, 1.82) is 0 Å². The summed E-state index contributed by atoms with van der Waals surface area (Å²) in [5.41, 5.74) is 7.54. The van der Waals surface area contributed by atoms with Crippen LogP contribution in [0.4, 0.5) is 0 Å². The van der Waals surface area contributed by atoms with Crippen LogP contribution in [-0.2, 0) is 4.79 Å². The molecule has 4 nitrogen and oxygen atoms in total. The Hall–Kier alpha value is -1.39. The van der Waals surface area contributed by atoms with Crippen LogP contribution >= 0.6 is 0 Å². The van der Waals surface area contributed by atoms with Crippen molar-refractivity contribution in [2.75, 3.05) is 26.2 Å². The minimum Gasteiger partial charge on any atom is -0.355 e. The Balaban J connectivity index is 1.47. The summed E-state index contributed by atoms with van der Waals surface area (Å²) < 4.78 is 0. The largest absolute Gasteiger partial charge is 0.355 e. The van der Waals surface area contributed by atoms with Gasteiger partial charge in [-0.1, -0.05) is 36.8 Å². The highest BCUT2D eigenvalue weighted by atomic mass is 16.2. The number of amides is 1. The summed E-state index contributed by atoms with van der Waals surface area (Å²) in [7, 11) is 0. The zero-order valence-electron chi connectivity index (χ0n) is 12.5. The maximum atomic E-state index is 12.0. The lowest BCUT2D eigenvalue weighted by atomic mass is 9.85. The van der Waals surface area contributed by atoms with Crippen LogP contribution in [0, 0.1) is 5.92 Å². The first-order valence-electron chi connectivity index (χ1n) is 8.02. The van der Waals surface area contributed by atoms with Crippen molar-refractivity contribution >= 4 is 5.91 Å². The van der Waals surface area contributed by atoms with E-state index < -0.39 is 0 Å². The Labute approximate surface area is 126 Å². The van der Waals surface area contributed by atoms with Gasteiger partial charge >= 0.3 is 0 Å². The summed E-state index contributed by atoms with van der Waals surface area (Å²) >= 11 is 0. The van der Waals surface area contributed by atoms with Crippen LogP contribution in [0.2, 0.25) is 0 Å². The molecule has 4 heteroatoms. The second-order valence-corrected chi connectivity index (χ2v) is 6.48. The van der Waals surface area contributed by atoms with Crippen LogP contribution in [0.25, 0.3) is 0 Å². The number of benzene rings is 1. The lowest BCUT2D eigenvalue weighted by Crippen LogP contribution is -2.40. The summed E-state index contributed by atoms with van der Waals surface area (Å²) in [5, 5.41) is 3.06. The smallest absolute Gasteiger partial charge is 0.234 e. The molecule has 1 saturated carbocycles. The van der Waals surface area contributed by atoms with Crippen LogP contribution in [0.15, 0.2) is 30.3 Å². The number of nitrogens with zero attached hydrogens (tertiary/aromatic N) is 1. The van der Waals surface area contributed by atoms with E-state index >= 15 is 0 Å². The van der Waals surface area contributed by atoms with E-state index in [0.717, 1.165) is 19.6 Å². The van der Waals surface area contributed by atoms with Gasteiger partial charge in [0.25, 0.3) is 0 Å². The summed E-state index contributed by atoms with van der Waals surface area (Å²) in [5.74, 6) is 1.19. The number of hydrogen-bond donors (Lipinski definition) is 2. The molecule has 2 atom stereocenters. The minimum atomic E-state index is 0.117. The van der Waals surface area contributed by atoms with Crippen molar-refractivity contribution in [3.05, 3.63) is 35.9 Å². The fraction of sp³-hybridized carbons (Fsp3) is 0.588. The third kappa shape index (κ3) is 3.63. The van der Waals surface area contributed by atoms with Gasteiger partial charge in [-0.2, -0.15) is 0 Å². The van der Waals surface area contributed by atoms with Crippen molar-refractivity contribution in [1.82, 2.24) is 10.2 Å². The molecule has 1 aliphatic carbocycles. The Morgan fingerprint density at radius 3 is 2.67 bits per heavy atom. The molecule has 0 aromatic heterocycles. The number of carbonyl (C=O) groups excluding carboxylic acids is 1. The fourth-order valence-corrected chi connectivity index (χ4v) is 3.31. The van der Waals surface area contributed by atoms with E-state index in [4.69, 9.17) is 5.73 Å². The highest BCUT2D eigenvalue weighted by Crippen LogP contribution is 2.26. The Bertz CT molecular complexity index is 472. The van der Waals surface area contributed by atoms with Crippen molar-refractivity contribution in [3.63, 3.8) is 0 Å². The maximum Gasteiger partial charge on any atom is 0.234 e. The molecule has 0 unspecified atom stereocenters. The molecule has 0 bridgehead atoms. The molecule has 21 heavy (non-hydrogen) atoms. The topological polar surface area (TPSA) is 58.4 Å². The van der Waals surface area contributed by atoms with E-state index in [1.165, 1.54) is 24.8 Å². The van der Waals surface area contributed by atoms with Crippen LogP contribution < -0.4 is 11.1 Å². The molecule has 2 fully saturated rings. The first kappa shape index (κ1) is 14.5. The number of hydrogen-bond acceptors (Lipinski definition) is 3. The summed E-state index contributed by atoms with van der Waals surface area (Å²) in [6.07, 6.45) is 3.86. The van der Waals surface area contributed by atoms with Gasteiger partial charge in [0.1, 0.15) is 0 Å². The maximum absolute atomic E-state index is 12.0. The molecule has 0 spiro atoms. The standard InChI is InChI=1S/C17H25N3O/c18-16-11-20(10-15(16)14-7-2-1-3-8-14)12-17(21)19-9-13-5-4-6-13/h1-3,7-8,13,15-16H,4-6,9-12,18H2,(H,19,21)/t15-,16+/m0/s1. The average Bonchev–Trinajstić information content (AvgIpc) is 2.78. The number of rotatable bonds is 5. The van der Waals surface area contributed by atoms with Gasteiger partial charge < -0.3 is 11.1 Å². The van der Waals surface area contributed by atoms with E-state index in [0.29, 0.717) is 18.4 Å². The van der Waals surface area contributed by atoms with E-state index in [2.05, 4.69) is 34.5 Å². The van der Waals surface area contributed by atoms with Crippen LogP contribution in [-0.4, -0.2) is 43.0 Å². The molecule has 1 amide bonds. The van der Waals surface area contributed by atoms with Gasteiger partial charge in [-0.3, -0.25) is 9.69 Å². The molecule has 0 radical (unpaired) electrons. The van der Waals surface area contributed by atoms with Gasteiger partial charge in [0.2, 0.25) is 5.91 Å². The fourth-order valence-electron chi connectivity index (χ4n) is 3.31. The SMILES string of the molecule is N[C@@H]1CN(CC(=O)NCC2CCC2)C[C@H]1c1ccccc1. The summed E-state index contributed by atoms with van der Waals surface area (Å²) in [6.45, 7) is 3.00. The second kappa shape index (κ2) is 6.58. The zero-order chi connectivity index (χ0) is 14.7. The third-order valence-electron chi connectivity index (χ3n) is 4.85. The Morgan fingerprint density at radius 2 is 2.00 bits per heavy atom. The minimum absolute atomic E-state index is 0.117. The van der Waals surface area contributed by atoms with Crippen molar-refractivity contribution in [2.45, 2.75) is 31.2 Å². The van der Waals surface area contributed by atoms with Crippen LogP contribution in [0.3, 0.4) is 0 Å². The molecule has 1 saturated heterocycles. The van der Waals surface area contributed by atoms with Crippen LogP contribution in [0.1, 0.15) is 30.7 Å². The van der Waals surface area contributed by atoms with E-state index in [9.17, 15) is 4.79 Å². The monoisotopic (exact) mass is 287 g/mol. The van der Waals surface area contributed by atoms with Crippen molar-refractivity contribution < 1.29 is 4.79 Å². The van der Waals surface area contributed by atoms with Gasteiger partial charge in [-0.15, -0.1) is 0 Å². The molecule has 3 rings (SSSR count). The number of nitrogens with one attached hydrogen (secondary N) is 1. The van der Waals surface area contributed by atoms with E-state index in [1.54, 1.807) is 0 Å². The van der Waals surface area contributed by atoms with Gasteiger partial charge in [0.05, 0.1) is 6.54 Å². The number of carbonyl (C=O) groups is 1. The van der Waals surface area contributed by atoms with Crippen molar-refractivity contribution in [3.8, 4) is 0 Å². The Kier molecular flexibility index (Phi) is 4.56. The normalized spacial score (nSPS) is 26.5. The van der Waals surface area contributed by atoms with Crippen molar-refractivity contribution in [2.24, 2.45) is 11.7 Å². The Morgan fingerprint density at radius 1 is 1.24 bits per heavy atom. The van der Waals surface area contributed by atoms with Gasteiger partial charge in [-0.05, 0) is 24.3 Å². The lowest BCUT2D eigenvalue weighted by Gasteiger charge is -2.25. The molecule has 3 N–H and O–H groups in total. The molecule has 114 valence electrons. The van der Waals surface area contributed by atoms with Gasteiger partial charge in [0, 0.05) is 31.6 Å². The van der Waals surface area contributed by atoms with E-state index in [1.807, 2.05) is 6.07 Å². The average molecular weight is 287 g/mol. The summed E-state index contributed by atoms with van der Waals surface area (Å²) in [6, 6.07) is 10.5. The first-order chi connectivity index (χ1) is 10.2. The molecular formula is C17H25N3O. The molecule has 2 aliphatic rings. The number of likely N-dealkylation sites (tertiary alicyclic amines) is 1. The molecule has 1 heterocycles. The second-order valence-electron chi connectivity index (χ2n) is 6.48. The molecular weight excluding hydrogens is 262 g/mol. The summed E-state index contributed by atoms with van der Waals surface area (Å²) in [4.78, 5) is 14.2. The first-order valence-corrected chi connectivity index (χ1v) is 8.02. The third-order valence-corrected chi connectivity index (χ3v) is 4.85. The van der Waals surface area contributed by atoms with E-state index in [-0.39, 0.29) is 11.9 Å². The quantitative estimate of drug-likeness (QED) is 0.859. The highest BCUT2D eigenvalue weighted by molar-refractivity contribution is 5.78. The zero-order valence-corrected chi connectivity index (χ0v) is 12.5. The van der Waals surface area contributed by atoms with Gasteiger partial charge in [0.15, 0.2) is 0 Å². The number of nitrogens with two attached hydrogens (primary N) is 1.